The fraction of sp³-hybridized carbons (Fsp3) is 0.158. The van der Waals surface area contributed by atoms with Gasteiger partial charge in [-0.25, -0.2) is 0 Å². The highest BCUT2D eigenvalue weighted by Crippen LogP contribution is 2.37. The molecule has 4 nitrogen and oxygen atoms in total. The van der Waals surface area contributed by atoms with Gasteiger partial charge >= 0.3 is 0 Å². The lowest BCUT2D eigenvalue weighted by atomic mass is 9.99. The number of nitrogens with one attached hydrogen (secondary N) is 1. The monoisotopic (exact) mass is 302 g/mol. The summed E-state index contributed by atoms with van der Waals surface area (Å²) < 4.78 is 2.13. The Balaban J connectivity index is 1.85. The zero-order chi connectivity index (χ0) is 15.6. The van der Waals surface area contributed by atoms with Gasteiger partial charge in [-0.15, -0.1) is 0 Å². The van der Waals surface area contributed by atoms with E-state index in [2.05, 4.69) is 45.8 Å². The molecule has 1 aromatic carbocycles. The van der Waals surface area contributed by atoms with Crippen LogP contribution in [-0.4, -0.2) is 14.8 Å². The van der Waals surface area contributed by atoms with Crippen molar-refractivity contribution in [1.82, 2.24) is 14.8 Å². The van der Waals surface area contributed by atoms with Crippen LogP contribution in [-0.2, 0) is 13.0 Å². The molecule has 1 N–H and O–H groups in total. The second-order valence-electron chi connectivity index (χ2n) is 5.64. The Hall–Kier alpha value is -2.88. The number of rotatable bonds is 4. The Labute approximate surface area is 135 Å². The summed E-state index contributed by atoms with van der Waals surface area (Å²) >= 11 is 0. The first-order valence-corrected chi connectivity index (χ1v) is 7.86. The van der Waals surface area contributed by atoms with Crippen molar-refractivity contribution in [2.75, 3.05) is 5.32 Å². The average Bonchev–Trinajstić information content (AvgIpc) is 3.18. The van der Waals surface area contributed by atoms with Crippen LogP contribution in [0, 0.1) is 0 Å². The Morgan fingerprint density at radius 1 is 1.13 bits per heavy atom. The number of fused-ring (bicyclic) bond motifs is 1. The maximum Gasteiger partial charge on any atom is 0.119 e. The van der Waals surface area contributed by atoms with Crippen molar-refractivity contribution in [3.8, 4) is 22.5 Å². The Kier molecular flexibility index (Phi) is 3.42. The number of hydrogen-bond donors (Lipinski definition) is 1. The van der Waals surface area contributed by atoms with Gasteiger partial charge in [0, 0.05) is 29.7 Å². The Morgan fingerprint density at radius 3 is 2.74 bits per heavy atom. The topological polar surface area (TPSA) is 42.7 Å². The largest absolute Gasteiger partial charge is 0.362 e. The molecule has 4 heteroatoms. The molecule has 3 heterocycles. The van der Waals surface area contributed by atoms with Gasteiger partial charge in [-0.1, -0.05) is 24.8 Å². The molecule has 0 radical (unpaired) electrons. The molecule has 0 aliphatic carbocycles. The minimum Gasteiger partial charge on any atom is -0.362 e. The standard InChI is InChI=1S/C19H18N4/c1-2-20-15-10-8-14(9-11-15)18-17-7-5-13-23(17)22-19(18)16-6-3-4-12-21-16/h2-4,6,8-12,20H,1,5,7,13H2. The number of aryl methyl sites for hydroxylation is 1. The molecule has 1 aliphatic heterocycles. The predicted octanol–water partition coefficient (Wildman–Crippen LogP) is 4.11. The Morgan fingerprint density at radius 2 is 2.00 bits per heavy atom. The van der Waals surface area contributed by atoms with E-state index in [1.807, 2.05) is 24.4 Å². The Bertz CT molecular complexity index is 832. The van der Waals surface area contributed by atoms with E-state index in [9.17, 15) is 0 Å². The molecule has 4 rings (SSSR count). The SMILES string of the molecule is C=CNc1ccc(-c2c(-c3ccccn3)nn3c2CCC3)cc1. The van der Waals surface area contributed by atoms with Gasteiger partial charge < -0.3 is 5.32 Å². The molecule has 3 aromatic rings. The van der Waals surface area contributed by atoms with Gasteiger partial charge in [0.25, 0.3) is 0 Å². The number of pyridine rings is 1. The third kappa shape index (κ3) is 2.42. The summed E-state index contributed by atoms with van der Waals surface area (Å²) in [5.74, 6) is 0. The van der Waals surface area contributed by atoms with Crippen molar-refractivity contribution >= 4 is 5.69 Å². The van der Waals surface area contributed by atoms with Crippen molar-refractivity contribution in [1.29, 1.82) is 0 Å². The van der Waals surface area contributed by atoms with Crippen LogP contribution in [0.2, 0.25) is 0 Å². The minimum atomic E-state index is 0.928. The molecular weight excluding hydrogens is 284 g/mol. The summed E-state index contributed by atoms with van der Waals surface area (Å²) in [7, 11) is 0. The van der Waals surface area contributed by atoms with Gasteiger partial charge in [0.1, 0.15) is 5.69 Å². The molecule has 23 heavy (non-hydrogen) atoms. The number of aromatic nitrogens is 3. The van der Waals surface area contributed by atoms with Gasteiger partial charge in [0.05, 0.1) is 5.69 Å². The maximum atomic E-state index is 4.82. The number of anilines is 1. The molecule has 0 bridgehead atoms. The highest BCUT2D eigenvalue weighted by Gasteiger charge is 2.24. The van der Waals surface area contributed by atoms with E-state index in [-0.39, 0.29) is 0 Å². The van der Waals surface area contributed by atoms with Crippen molar-refractivity contribution in [3.05, 3.63) is 67.1 Å². The van der Waals surface area contributed by atoms with Crippen LogP contribution in [0.25, 0.3) is 22.5 Å². The van der Waals surface area contributed by atoms with E-state index >= 15 is 0 Å². The fourth-order valence-corrected chi connectivity index (χ4v) is 3.17. The van der Waals surface area contributed by atoms with Crippen LogP contribution in [0.4, 0.5) is 5.69 Å². The molecule has 0 atom stereocenters. The zero-order valence-corrected chi connectivity index (χ0v) is 12.9. The second kappa shape index (κ2) is 5.72. The third-order valence-corrected chi connectivity index (χ3v) is 4.19. The molecule has 0 amide bonds. The van der Waals surface area contributed by atoms with Crippen molar-refractivity contribution in [3.63, 3.8) is 0 Å². The van der Waals surface area contributed by atoms with Crippen LogP contribution < -0.4 is 5.32 Å². The lowest BCUT2D eigenvalue weighted by Crippen LogP contribution is -1.94. The van der Waals surface area contributed by atoms with Gasteiger partial charge in [-0.3, -0.25) is 9.67 Å². The number of hydrogen-bond acceptors (Lipinski definition) is 3. The molecule has 0 saturated carbocycles. The minimum absolute atomic E-state index is 0.928. The number of benzene rings is 1. The van der Waals surface area contributed by atoms with Crippen molar-refractivity contribution in [2.45, 2.75) is 19.4 Å². The zero-order valence-electron chi connectivity index (χ0n) is 12.9. The second-order valence-corrected chi connectivity index (χ2v) is 5.64. The first-order chi connectivity index (χ1) is 11.4. The van der Waals surface area contributed by atoms with Gasteiger partial charge in [-0.05, 0) is 48.9 Å². The fourth-order valence-electron chi connectivity index (χ4n) is 3.17. The normalized spacial score (nSPS) is 12.9. The van der Waals surface area contributed by atoms with Crippen LogP contribution in [0.1, 0.15) is 12.1 Å². The first kappa shape index (κ1) is 13.8. The van der Waals surface area contributed by atoms with Crippen molar-refractivity contribution < 1.29 is 0 Å². The van der Waals surface area contributed by atoms with Gasteiger partial charge in [-0.2, -0.15) is 5.10 Å². The van der Waals surface area contributed by atoms with Crippen LogP contribution in [0.15, 0.2) is 61.4 Å². The van der Waals surface area contributed by atoms with Crippen LogP contribution >= 0.6 is 0 Å². The van der Waals surface area contributed by atoms with Gasteiger partial charge in [0.2, 0.25) is 0 Å². The molecule has 0 unspecified atom stereocenters. The first-order valence-electron chi connectivity index (χ1n) is 7.86. The summed E-state index contributed by atoms with van der Waals surface area (Å²) in [6, 6.07) is 14.4. The number of nitrogens with zero attached hydrogens (tertiary/aromatic N) is 3. The van der Waals surface area contributed by atoms with E-state index in [1.54, 1.807) is 6.20 Å². The van der Waals surface area contributed by atoms with E-state index in [0.717, 1.165) is 36.5 Å². The lowest BCUT2D eigenvalue weighted by Gasteiger charge is -2.07. The molecule has 0 spiro atoms. The smallest absolute Gasteiger partial charge is 0.119 e. The third-order valence-electron chi connectivity index (χ3n) is 4.19. The van der Waals surface area contributed by atoms with Gasteiger partial charge in [0.15, 0.2) is 0 Å². The molecule has 0 fully saturated rings. The molecule has 114 valence electrons. The lowest BCUT2D eigenvalue weighted by molar-refractivity contribution is 0.658. The average molecular weight is 302 g/mol. The summed E-state index contributed by atoms with van der Waals surface area (Å²) in [5, 5.41) is 7.93. The summed E-state index contributed by atoms with van der Waals surface area (Å²) in [4.78, 5) is 4.49. The molecular formula is C19H18N4. The summed E-state index contributed by atoms with van der Waals surface area (Å²) in [6.45, 7) is 4.69. The van der Waals surface area contributed by atoms with Crippen LogP contribution in [0.3, 0.4) is 0 Å². The van der Waals surface area contributed by atoms with E-state index in [0.29, 0.717) is 0 Å². The predicted molar refractivity (Wildman–Crippen MR) is 93.0 cm³/mol. The summed E-state index contributed by atoms with van der Waals surface area (Å²) in [6.07, 6.45) is 5.74. The quantitative estimate of drug-likeness (QED) is 0.788. The maximum absolute atomic E-state index is 4.82. The molecule has 1 aliphatic rings. The summed E-state index contributed by atoms with van der Waals surface area (Å²) in [5.41, 5.74) is 6.65. The van der Waals surface area contributed by atoms with E-state index < -0.39 is 0 Å². The highest BCUT2D eigenvalue weighted by atomic mass is 15.3. The van der Waals surface area contributed by atoms with Crippen molar-refractivity contribution in [2.24, 2.45) is 0 Å². The van der Waals surface area contributed by atoms with Crippen LogP contribution in [0.5, 0.6) is 0 Å². The molecule has 0 saturated heterocycles. The highest BCUT2D eigenvalue weighted by molar-refractivity contribution is 5.82. The van der Waals surface area contributed by atoms with E-state index in [1.165, 1.54) is 16.8 Å². The molecule has 2 aromatic heterocycles. The van der Waals surface area contributed by atoms with E-state index in [4.69, 9.17) is 5.10 Å².